The lowest BCUT2D eigenvalue weighted by molar-refractivity contribution is -0.141. The van der Waals surface area contributed by atoms with E-state index in [0.29, 0.717) is 18.0 Å². The number of nitrogens with zero attached hydrogens (tertiary/aromatic N) is 4. The molecule has 1 aromatic heterocycles. The minimum Gasteiger partial charge on any atom is -0.377 e. The van der Waals surface area contributed by atoms with Crippen molar-refractivity contribution in [3.05, 3.63) is 23.9 Å². The highest BCUT2D eigenvalue weighted by atomic mass is 19.4. The number of alkyl halides is 3. The summed E-state index contributed by atoms with van der Waals surface area (Å²) < 4.78 is 44.6. The van der Waals surface area contributed by atoms with Gasteiger partial charge in [-0.15, -0.1) is 0 Å². The Hall–Kier alpha value is -1.38. The molecule has 0 unspecified atom stereocenters. The van der Waals surface area contributed by atoms with Crippen molar-refractivity contribution in [3.63, 3.8) is 0 Å². The Kier molecular flexibility index (Phi) is 6.61. The van der Waals surface area contributed by atoms with Crippen LogP contribution in [-0.4, -0.2) is 79.3 Å². The number of ether oxygens (including phenoxy) is 1. The van der Waals surface area contributed by atoms with E-state index in [4.69, 9.17) is 4.74 Å². The van der Waals surface area contributed by atoms with Gasteiger partial charge in [0.1, 0.15) is 11.5 Å². The predicted molar refractivity (Wildman–Crippen MR) is 106 cm³/mol. The highest BCUT2D eigenvalue weighted by molar-refractivity contribution is 5.40. The van der Waals surface area contributed by atoms with Crippen molar-refractivity contribution in [1.82, 2.24) is 14.8 Å². The quantitative estimate of drug-likeness (QED) is 0.758. The fourth-order valence-electron chi connectivity index (χ4n) is 4.78. The highest BCUT2D eigenvalue weighted by Gasteiger charge is 2.33. The Labute approximate surface area is 170 Å². The predicted octanol–water partition coefficient (Wildman–Crippen LogP) is 3.26. The van der Waals surface area contributed by atoms with E-state index in [1.165, 1.54) is 25.3 Å². The van der Waals surface area contributed by atoms with E-state index in [1.54, 1.807) is 6.07 Å². The van der Waals surface area contributed by atoms with Gasteiger partial charge < -0.3 is 14.5 Å². The van der Waals surface area contributed by atoms with Gasteiger partial charge in [-0.05, 0) is 57.3 Å². The average Bonchev–Trinajstić information content (AvgIpc) is 2.75. The average molecular weight is 413 g/mol. The first-order valence-corrected chi connectivity index (χ1v) is 10.9. The first kappa shape index (κ1) is 20.9. The molecule has 3 aliphatic heterocycles. The Morgan fingerprint density at radius 1 is 0.966 bits per heavy atom. The lowest BCUT2D eigenvalue weighted by atomic mass is 10.0. The molecule has 0 bridgehead atoms. The molecule has 0 spiro atoms. The fraction of sp³-hybridized carbons (Fsp3) is 0.762. The van der Waals surface area contributed by atoms with Crippen LogP contribution in [0.15, 0.2) is 18.2 Å². The number of hydrogen-bond donors (Lipinski definition) is 0. The lowest BCUT2D eigenvalue weighted by Gasteiger charge is -2.43. The van der Waals surface area contributed by atoms with E-state index >= 15 is 0 Å². The summed E-state index contributed by atoms with van der Waals surface area (Å²) in [7, 11) is 0. The summed E-state index contributed by atoms with van der Waals surface area (Å²) in [6, 6.07) is 4.74. The molecular weight excluding hydrogens is 381 g/mol. The summed E-state index contributed by atoms with van der Waals surface area (Å²) in [5, 5.41) is 0. The van der Waals surface area contributed by atoms with Gasteiger partial charge in [0.05, 0.1) is 6.10 Å². The molecule has 162 valence electrons. The minimum absolute atomic E-state index is 0.406. The monoisotopic (exact) mass is 412 g/mol. The standard InChI is InChI=1S/C21H31F3N4O/c22-21(23,24)19-5-3-6-20(25-19)28-13-11-27(12-14-28)17-7-9-26(10-8-17)16-18-4-1-2-15-29-18/h3,5-6,17-18H,1-2,4,7-16H2/t18-/m0/s1. The van der Waals surface area contributed by atoms with Crippen molar-refractivity contribution < 1.29 is 17.9 Å². The number of piperazine rings is 1. The fourth-order valence-corrected chi connectivity index (χ4v) is 4.78. The number of halogens is 3. The zero-order valence-corrected chi connectivity index (χ0v) is 16.9. The van der Waals surface area contributed by atoms with E-state index in [-0.39, 0.29) is 0 Å². The summed E-state index contributed by atoms with van der Waals surface area (Å²) in [6.45, 7) is 7.41. The van der Waals surface area contributed by atoms with E-state index in [9.17, 15) is 13.2 Å². The normalized spacial score (nSPS) is 26.0. The molecule has 3 fully saturated rings. The van der Waals surface area contributed by atoms with Crippen molar-refractivity contribution in [2.24, 2.45) is 0 Å². The van der Waals surface area contributed by atoms with Crippen molar-refractivity contribution >= 4 is 5.82 Å². The Bertz CT molecular complexity index is 650. The zero-order chi connectivity index (χ0) is 20.3. The number of piperidine rings is 1. The SMILES string of the molecule is FC(F)(F)c1cccc(N2CCN(C3CCN(C[C@@H]4CCCCO4)CC3)CC2)n1. The maximum Gasteiger partial charge on any atom is 0.433 e. The van der Waals surface area contributed by atoms with Gasteiger partial charge in [-0.3, -0.25) is 4.90 Å². The molecule has 4 heterocycles. The zero-order valence-electron chi connectivity index (χ0n) is 16.9. The highest BCUT2D eigenvalue weighted by Crippen LogP contribution is 2.29. The van der Waals surface area contributed by atoms with Crippen molar-refractivity contribution in [2.45, 2.75) is 50.4 Å². The molecule has 0 aromatic carbocycles. The molecule has 5 nitrogen and oxygen atoms in total. The van der Waals surface area contributed by atoms with E-state index < -0.39 is 11.9 Å². The summed E-state index contributed by atoms with van der Waals surface area (Å²) >= 11 is 0. The Morgan fingerprint density at radius 3 is 2.38 bits per heavy atom. The second-order valence-electron chi connectivity index (χ2n) is 8.42. The summed E-state index contributed by atoms with van der Waals surface area (Å²) in [6.07, 6.45) is 2.00. The molecule has 29 heavy (non-hydrogen) atoms. The molecular formula is C21H31F3N4O. The van der Waals surface area contributed by atoms with Crippen molar-refractivity contribution in [3.8, 4) is 0 Å². The van der Waals surface area contributed by atoms with Crippen molar-refractivity contribution in [2.75, 3.05) is 57.3 Å². The van der Waals surface area contributed by atoms with Gasteiger partial charge in [0.25, 0.3) is 0 Å². The van der Waals surface area contributed by atoms with Crippen LogP contribution in [0.4, 0.5) is 19.0 Å². The van der Waals surface area contributed by atoms with E-state index in [1.807, 2.05) is 4.90 Å². The molecule has 3 saturated heterocycles. The maximum absolute atomic E-state index is 12.9. The smallest absolute Gasteiger partial charge is 0.377 e. The molecule has 3 aliphatic rings. The molecule has 0 radical (unpaired) electrons. The first-order chi connectivity index (χ1) is 14.0. The third-order valence-corrected chi connectivity index (χ3v) is 6.47. The van der Waals surface area contributed by atoms with Crippen LogP contribution in [0.5, 0.6) is 0 Å². The number of rotatable bonds is 4. The van der Waals surface area contributed by atoms with Gasteiger partial charge in [-0.1, -0.05) is 6.07 Å². The maximum atomic E-state index is 12.9. The number of anilines is 1. The molecule has 4 rings (SSSR count). The van der Waals surface area contributed by atoms with Crippen LogP contribution in [0, 0.1) is 0 Å². The van der Waals surface area contributed by atoms with Crippen molar-refractivity contribution in [1.29, 1.82) is 0 Å². The van der Waals surface area contributed by atoms with Crippen LogP contribution in [0.25, 0.3) is 0 Å². The molecule has 1 aromatic rings. The van der Waals surface area contributed by atoms with Gasteiger partial charge in [0.15, 0.2) is 0 Å². The summed E-state index contributed by atoms with van der Waals surface area (Å²) in [4.78, 5) is 10.9. The minimum atomic E-state index is -4.39. The molecule has 8 heteroatoms. The van der Waals surface area contributed by atoms with E-state index in [0.717, 1.165) is 71.3 Å². The second kappa shape index (κ2) is 9.18. The summed E-state index contributed by atoms with van der Waals surface area (Å²) in [5.41, 5.74) is -0.813. The number of aromatic nitrogens is 1. The Balaban J connectivity index is 1.23. The van der Waals surface area contributed by atoms with Crippen LogP contribution in [0.1, 0.15) is 37.8 Å². The van der Waals surface area contributed by atoms with Crippen LogP contribution >= 0.6 is 0 Å². The van der Waals surface area contributed by atoms with Gasteiger partial charge in [0, 0.05) is 45.4 Å². The topological polar surface area (TPSA) is 31.8 Å². The van der Waals surface area contributed by atoms with Gasteiger partial charge in [0.2, 0.25) is 0 Å². The number of pyridine rings is 1. The third kappa shape index (κ3) is 5.41. The van der Waals surface area contributed by atoms with Gasteiger partial charge in [-0.25, -0.2) is 4.98 Å². The number of hydrogen-bond acceptors (Lipinski definition) is 5. The Morgan fingerprint density at radius 2 is 1.72 bits per heavy atom. The second-order valence-corrected chi connectivity index (χ2v) is 8.42. The van der Waals surface area contributed by atoms with E-state index in [2.05, 4.69) is 14.8 Å². The summed E-state index contributed by atoms with van der Waals surface area (Å²) in [5.74, 6) is 0.432. The molecule has 0 aliphatic carbocycles. The molecule has 1 atom stereocenters. The van der Waals surface area contributed by atoms with Crippen LogP contribution in [-0.2, 0) is 10.9 Å². The third-order valence-electron chi connectivity index (χ3n) is 6.47. The molecule has 0 saturated carbocycles. The number of likely N-dealkylation sites (tertiary alicyclic amines) is 1. The van der Waals surface area contributed by atoms with Crippen LogP contribution < -0.4 is 4.90 Å². The first-order valence-electron chi connectivity index (χ1n) is 10.9. The molecule has 0 N–H and O–H groups in total. The van der Waals surface area contributed by atoms with Gasteiger partial charge >= 0.3 is 6.18 Å². The van der Waals surface area contributed by atoms with Gasteiger partial charge in [-0.2, -0.15) is 13.2 Å². The lowest BCUT2D eigenvalue weighted by Crippen LogP contribution is -2.54. The molecule has 0 amide bonds. The van der Waals surface area contributed by atoms with Crippen LogP contribution in [0.2, 0.25) is 0 Å². The largest absolute Gasteiger partial charge is 0.433 e. The van der Waals surface area contributed by atoms with Crippen LogP contribution in [0.3, 0.4) is 0 Å².